The van der Waals surface area contributed by atoms with Crippen LogP contribution < -0.4 is 14.2 Å². The number of imidazole rings is 1. The molecule has 0 aliphatic rings. The molecule has 6 aromatic rings. The van der Waals surface area contributed by atoms with E-state index in [-0.39, 0.29) is 12.4 Å². The second-order valence-electron chi connectivity index (χ2n) is 7.51. The van der Waals surface area contributed by atoms with Crippen LogP contribution in [0.1, 0.15) is 5.69 Å². The Balaban J connectivity index is 1.28. The molecule has 0 bridgehead atoms. The van der Waals surface area contributed by atoms with Crippen molar-refractivity contribution in [3.63, 3.8) is 0 Å². The van der Waals surface area contributed by atoms with E-state index in [1.54, 1.807) is 43.1 Å². The average molecular weight is 509 g/mol. The molecule has 0 fully saturated rings. The lowest BCUT2D eigenvalue weighted by Crippen LogP contribution is -1.97. The molecule has 11 heteroatoms. The van der Waals surface area contributed by atoms with Gasteiger partial charge in [-0.15, -0.1) is 16.4 Å². The fraction of sp³-hybridized carbons (Fsp3) is 0.125. The fourth-order valence-corrected chi connectivity index (χ4v) is 5.09. The first-order chi connectivity index (χ1) is 17.1. The van der Waals surface area contributed by atoms with E-state index in [9.17, 15) is 4.39 Å². The Bertz CT molecular complexity index is 1620. The lowest BCUT2D eigenvalue weighted by Gasteiger charge is -2.07. The predicted molar refractivity (Wildman–Crippen MR) is 131 cm³/mol. The number of furan rings is 1. The molecular weight excluding hydrogens is 491 g/mol. The van der Waals surface area contributed by atoms with Crippen molar-refractivity contribution in [2.45, 2.75) is 6.61 Å². The molecule has 35 heavy (non-hydrogen) atoms. The van der Waals surface area contributed by atoms with E-state index in [1.165, 1.54) is 34.8 Å². The van der Waals surface area contributed by atoms with Crippen molar-refractivity contribution in [3.8, 4) is 38.7 Å². The molecule has 176 valence electrons. The van der Waals surface area contributed by atoms with Gasteiger partial charge in [0.1, 0.15) is 40.2 Å². The van der Waals surface area contributed by atoms with Crippen LogP contribution in [-0.4, -0.2) is 33.8 Å². The zero-order chi connectivity index (χ0) is 23.9. The number of hydrogen-bond acceptors (Lipinski definition) is 9. The van der Waals surface area contributed by atoms with E-state index in [0.717, 1.165) is 21.7 Å². The molecule has 0 saturated heterocycles. The van der Waals surface area contributed by atoms with E-state index in [0.29, 0.717) is 38.7 Å². The van der Waals surface area contributed by atoms with Crippen LogP contribution in [0.25, 0.3) is 38.0 Å². The summed E-state index contributed by atoms with van der Waals surface area (Å²) in [5, 5.41) is 8.36. The maximum absolute atomic E-state index is 13.2. The SMILES string of the molecule is COc1cc(OCc2csc(-c3ccc(F)cc3)n2)c2cc(-c3cn4nc(OC)sc4n3)oc2c1. The van der Waals surface area contributed by atoms with Gasteiger partial charge in [-0.05, 0) is 41.7 Å². The summed E-state index contributed by atoms with van der Waals surface area (Å²) in [6.45, 7) is 0.254. The number of halogens is 1. The number of methoxy groups -OCH3 is 2. The summed E-state index contributed by atoms with van der Waals surface area (Å²) in [6.07, 6.45) is 1.79. The quantitative estimate of drug-likeness (QED) is 0.259. The highest BCUT2D eigenvalue weighted by Crippen LogP contribution is 2.37. The Kier molecular flexibility index (Phi) is 5.34. The Morgan fingerprint density at radius 1 is 1.06 bits per heavy atom. The summed E-state index contributed by atoms with van der Waals surface area (Å²) >= 11 is 2.82. The molecule has 0 aliphatic carbocycles. The molecule has 4 aromatic heterocycles. The number of aromatic nitrogens is 4. The lowest BCUT2D eigenvalue weighted by molar-refractivity contribution is 0.303. The van der Waals surface area contributed by atoms with Gasteiger partial charge in [0.05, 0.1) is 31.5 Å². The second kappa shape index (κ2) is 8.67. The zero-order valence-corrected chi connectivity index (χ0v) is 20.2. The second-order valence-corrected chi connectivity index (χ2v) is 9.29. The standard InChI is InChI=1S/C24H17FN4O4S2/c1-30-16-7-19(32-11-15-12-34-22(26-15)13-3-5-14(25)6-4-13)17-9-21(33-20(17)8-16)18-10-29-23(27-18)35-24(28-29)31-2/h3-10,12H,11H2,1-2H3. The van der Waals surface area contributed by atoms with Gasteiger partial charge < -0.3 is 18.6 Å². The summed E-state index contributed by atoms with van der Waals surface area (Å²) in [6, 6.07) is 11.8. The maximum Gasteiger partial charge on any atom is 0.294 e. The van der Waals surface area contributed by atoms with Gasteiger partial charge >= 0.3 is 0 Å². The van der Waals surface area contributed by atoms with Gasteiger partial charge in [0.2, 0.25) is 4.96 Å². The lowest BCUT2D eigenvalue weighted by atomic mass is 10.2. The summed E-state index contributed by atoms with van der Waals surface area (Å²) in [5.74, 6) is 1.52. The molecule has 6 rings (SSSR count). The van der Waals surface area contributed by atoms with Crippen molar-refractivity contribution in [1.29, 1.82) is 0 Å². The molecule has 0 aliphatic heterocycles. The van der Waals surface area contributed by atoms with Gasteiger partial charge in [-0.25, -0.2) is 18.9 Å². The summed E-state index contributed by atoms with van der Waals surface area (Å²) < 4.78 is 37.7. The maximum atomic E-state index is 13.2. The van der Waals surface area contributed by atoms with Crippen molar-refractivity contribution in [2.75, 3.05) is 14.2 Å². The Hall–Kier alpha value is -3.96. The Labute approximate surface area is 206 Å². The Morgan fingerprint density at radius 2 is 1.91 bits per heavy atom. The average Bonchev–Trinajstić information content (AvgIpc) is 3.65. The third kappa shape index (κ3) is 4.08. The molecule has 0 radical (unpaired) electrons. The van der Waals surface area contributed by atoms with Crippen LogP contribution in [-0.2, 0) is 6.61 Å². The third-order valence-electron chi connectivity index (χ3n) is 5.28. The number of nitrogens with zero attached hydrogens (tertiary/aromatic N) is 4. The molecule has 0 N–H and O–H groups in total. The van der Waals surface area contributed by atoms with Crippen molar-refractivity contribution >= 4 is 38.6 Å². The Morgan fingerprint density at radius 3 is 2.69 bits per heavy atom. The highest BCUT2D eigenvalue weighted by atomic mass is 32.1. The monoisotopic (exact) mass is 508 g/mol. The number of ether oxygens (including phenoxy) is 3. The predicted octanol–water partition coefficient (Wildman–Crippen LogP) is 6.06. The number of thiazole rings is 1. The van der Waals surface area contributed by atoms with Crippen LogP contribution in [0.3, 0.4) is 0 Å². The molecule has 0 spiro atoms. The number of rotatable bonds is 7. The number of fused-ring (bicyclic) bond motifs is 2. The van der Waals surface area contributed by atoms with Crippen molar-refractivity contribution in [3.05, 3.63) is 65.6 Å². The summed E-state index contributed by atoms with van der Waals surface area (Å²) in [4.78, 5) is 9.91. The number of hydrogen-bond donors (Lipinski definition) is 0. The van der Waals surface area contributed by atoms with E-state index in [4.69, 9.17) is 18.6 Å². The largest absolute Gasteiger partial charge is 0.496 e. The minimum atomic E-state index is -0.276. The van der Waals surface area contributed by atoms with Crippen LogP contribution in [0.4, 0.5) is 4.39 Å². The normalized spacial score (nSPS) is 11.4. The molecule has 0 atom stereocenters. The first-order valence-corrected chi connectivity index (χ1v) is 12.1. The third-order valence-corrected chi connectivity index (χ3v) is 7.10. The van der Waals surface area contributed by atoms with Crippen LogP contribution in [0, 0.1) is 5.82 Å². The summed E-state index contributed by atoms with van der Waals surface area (Å²) in [7, 11) is 3.16. The summed E-state index contributed by atoms with van der Waals surface area (Å²) in [5.41, 5.74) is 2.89. The van der Waals surface area contributed by atoms with Gasteiger partial charge in [-0.1, -0.05) is 0 Å². The van der Waals surface area contributed by atoms with Crippen LogP contribution in [0.5, 0.6) is 16.7 Å². The first kappa shape index (κ1) is 21.6. The fourth-order valence-electron chi connectivity index (χ4n) is 3.58. The molecule has 0 amide bonds. The van der Waals surface area contributed by atoms with Crippen LogP contribution in [0.2, 0.25) is 0 Å². The zero-order valence-electron chi connectivity index (χ0n) is 18.5. The molecule has 0 saturated carbocycles. The molecule has 4 heterocycles. The molecular formula is C24H17FN4O4S2. The highest BCUT2D eigenvalue weighted by Gasteiger charge is 2.17. The van der Waals surface area contributed by atoms with Gasteiger partial charge in [0.15, 0.2) is 5.76 Å². The molecule has 2 aromatic carbocycles. The van der Waals surface area contributed by atoms with E-state index < -0.39 is 0 Å². The van der Waals surface area contributed by atoms with Gasteiger partial charge in [-0.3, -0.25) is 0 Å². The number of benzene rings is 2. The minimum Gasteiger partial charge on any atom is -0.496 e. The smallest absolute Gasteiger partial charge is 0.294 e. The molecule has 8 nitrogen and oxygen atoms in total. The van der Waals surface area contributed by atoms with E-state index >= 15 is 0 Å². The highest BCUT2D eigenvalue weighted by molar-refractivity contribution is 7.18. The van der Waals surface area contributed by atoms with Crippen molar-refractivity contribution in [2.24, 2.45) is 0 Å². The topological polar surface area (TPSA) is 83.9 Å². The first-order valence-electron chi connectivity index (χ1n) is 10.4. The van der Waals surface area contributed by atoms with Crippen LogP contribution >= 0.6 is 22.7 Å². The van der Waals surface area contributed by atoms with Gasteiger partial charge in [0, 0.05) is 23.1 Å². The van der Waals surface area contributed by atoms with Crippen molar-refractivity contribution in [1.82, 2.24) is 19.6 Å². The van der Waals surface area contributed by atoms with Crippen LogP contribution in [0.15, 0.2) is 58.5 Å². The van der Waals surface area contributed by atoms with E-state index in [1.807, 2.05) is 17.5 Å². The van der Waals surface area contributed by atoms with Gasteiger partial charge in [-0.2, -0.15) is 0 Å². The van der Waals surface area contributed by atoms with Gasteiger partial charge in [0.25, 0.3) is 5.19 Å². The van der Waals surface area contributed by atoms with Crippen molar-refractivity contribution < 1.29 is 23.0 Å². The van der Waals surface area contributed by atoms with E-state index in [2.05, 4.69) is 15.1 Å². The minimum absolute atomic E-state index is 0.254. The molecule has 0 unspecified atom stereocenters.